The van der Waals surface area contributed by atoms with Gasteiger partial charge in [0.1, 0.15) is 11.4 Å². The Kier molecular flexibility index (Phi) is 3.18. The molecule has 0 spiro atoms. The Morgan fingerprint density at radius 1 is 1.12 bits per heavy atom. The zero-order valence-electron chi connectivity index (χ0n) is 9.32. The van der Waals surface area contributed by atoms with Crippen LogP contribution in [0.3, 0.4) is 0 Å². The van der Waals surface area contributed by atoms with E-state index >= 15 is 0 Å². The van der Waals surface area contributed by atoms with Gasteiger partial charge in [-0.15, -0.1) is 0 Å². The molecule has 1 N–H and O–H groups in total. The molecule has 0 saturated carbocycles. The van der Waals surface area contributed by atoms with Crippen molar-refractivity contribution in [1.82, 2.24) is 0 Å². The molecular formula is C14H12ClFO. The maximum atomic E-state index is 13.7. The minimum atomic E-state index is -1.39. The van der Waals surface area contributed by atoms with Crippen LogP contribution in [0.2, 0.25) is 5.02 Å². The summed E-state index contributed by atoms with van der Waals surface area (Å²) in [5, 5.41) is 11.0. The smallest absolute Gasteiger partial charge is 0.129 e. The summed E-state index contributed by atoms with van der Waals surface area (Å²) in [4.78, 5) is 0. The molecule has 0 fully saturated rings. The normalized spacial score (nSPS) is 14.4. The molecule has 88 valence electrons. The molecule has 0 aliphatic carbocycles. The number of hydrogen-bond acceptors (Lipinski definition) is 1. The summed E-state index contributed by atoms with van der Waals surface area (Å²) in [6.07, 6.45) is 0. The van der Waals surface area contributed by atoms with E-state index in [1.807, 2.05) is 0 Å². The highest BCUT2D eigenvalue weighted by Gasteiger charge is 2.28. The molecule has 0 amide bonds. The molecule has 1 atom stereocenters. The number of halogens is 2. The number of rotatable bonds is 2. The Morgan fingerprint density at radius 3 is 2.47 bits per heavy atom. The second kappa shape index (κ2) is 4.47. The van der Waals surface area contributed by atoms with Gasteiger partial charge in [-0.3, -0.25) is 0 Å². The second-order valence-corrected chi connectivity index (χ2v) is 4.50. The van der Waals surface area contributed by atoms with E-state index in [1.54, 1.807) is 49.4 Å². The molecule has 0 bridgehead atoms. The van der Waals surface area contributed by atoms with E-state index in [0.717, 1.165) is 0 Å². The maximum Gasteiger partial charge on any atom is 0.129 e. The van der Waals surface area contributed by atoms with Crippen LogP contribution in [0.25, 0.3) is 0 Å². The lowest BCUT2D eigenvalue weighted by atomic mass is 9.88. The van der Waals surface area contributed by atoms with Crippen LogP contribution in [0.4, 0.5) is 4.39 Å². The highest BCUT2D eigenvalue weighted by Crippen LogP contribution is 2.31. The predicted octanol–water partition coefficient (Wildman–Crippen LogP) is 3.73. The van der Waals surface area contributed by atoms with Crippen molar-refractivity contribution in [2.75, 3.05) is 0 Å². The Labute approximate surface area is 104 Å². The highest BCUT2D eigenvalue weighted by molar-refractivity contribution is 6.30. The lowest BCUT2D eigenvalue weighted by Crippen LogP contribution is -2.24. The van der Waals surface area contributed by atoms with E-state index in [9.17, 15) is 9.50 Å². The van der Waals surface area contributed by atoms with Gasteiger partial charge < -0.3 is 5.11 Å². The van der Waals surface area contributed by atoms with E-state index in [0.29, 0.717) is 10.6 Å². The standard InChI is InChI=1S/C14H12ClFO/c1-14(17,10-5-4-6-11(15)9-10)12-7-2-3-8-13(12)16/h2-9,17H,1H3. The molecule has 3 heteroatoms. The van der Waals surface area contributed by atoms with E-state index in [1.165, 1.54) is 6.07 Å². The average molecular weight is 251 g/mol. The zero-order chi connectivity index (χ0) is 12.5. The van der Waals surface area contributed by atoms with Crippen LogP contribution in [0.1, 0.15) is 18.1 Å². The quantitative estimate of drug-likeness (QED) is 0.861. The van der Waals surface area contributed by atoms with Gasteiger partial charge in [-0.05, 0) is 30.7 Å². The third-order valence-electron chi connectivity index (χ3n) is 2.79. The largest absolute Gasteiger partial charge is 0.381 e. The lowest BCUT2D eigenvalue weighted by Gasteiger charge is -2.25. The lowest BCUT2D eigenvalue weighted by molar-refractivity contribution is 0.0980. The van der Waals surface area contributed by atoms with E-state index in [2.05, 4.69) is 0 Å². The number of benzene rings is 2. The fraction of sp³-hybridized carbons (Fsp3) is 0.143. The average Bonchev–Trinajstić information content (AvgIpc) is 2.29. The van der Waals surface area contributed by atoms with Crippen LogP contribution in [-0.4, -0.2) is 5.11 Å². The number of hydrogen-bond donors (Lipinski definition) is 1. The molecule has 0 aromatic heterocycles. The van der Waals surface area contributed by atoms with Crippen molar-refractivity contribution >= 4 is 11.6 Å². The van der Waals surface area contributed by atoms with Crippen molar-refractivity contribution in [3.05, 3.63) is 70.5 Å². The van der Waals surface area contributed by atoms with Gasteiger partial charge in [0, 0.05) is 10.6 Å². The summed E-state index contributed by atoms with van der Waals surface area (Å²) in [7, 11) is 0. The maximum absolute atomic E-state index is 13.7. The summed E-state index contributed by atoms with van der Waals surface area (Å²) < 4.78 is 13.7. The third kappa shape index (κ3) is 2.33. The van der Waals surface area contributed by atoms with Crippen molar-refractivity contribution in [2.24, 2.45) is 0 Å². The van der Waals surface area contributed by atoms with Gasteiger partial charge >= 0.3 is 0 Å². The SMILES string of the molecule is CC(O)(c1cccc(Cl)c1)c1ccccc1F. The van der Waals surface area contributed by atoms with Gasteiger partial charge in [0.15, 0.2) is 0 Å². The Bertz CT molecular complexity index is 537. The first-order valence-corrected chi connectivity index (χ1v) is 5.63. The topological polar surface area (TPSA) is 20.2 Å². The summed E-state index contributed by atoms with van der Waals surface area (Å²) in [5.74, 6) is -0.433. The molecule has 0 aliphatic rings. The molecule has 2 aromatic rings. The molecule has 0 aliphatic heterocycles. The molecular weight excluding hydrogens is 239 g/mol. The van der Waals surface area contributed by atoms with E-state index in [4.69, 9.17) is 11.6 Å². The summed E-state index contributed by atoms with van der Waals surface area (Å²) in [5.41, 5.74) is -0.589. The van der Waals surface area contributed by atoms with Gasteiger partial charge in [0.25, 0.3) is 0 Å². The molecule has 0 radical (unpaired) electrons. The van der Waals surface area contributed by atoms with Crippen molar-refractivity contribution in [3.63, 3.8) is 0 Å². The van der Waals surface area contributed by atoms with Gasteiger partial charge in [0.2, 0.25) is 0 Å². The van der Waals surface area contributed by atoms with Gasteiger partial charge in [-0.1, -0.05) is 41.9 Å². The molecule has 2 rings (SSSR count). The van der Waals surface area contributed by atoms with Gasteiger partial charge in [0.05, 0.1) is 0 Å². The molecule has 17 heavy (non-hydrogen) atoms. The van der Waals surface area contributed by atoms with Crippen molar-refractivity contribution in [2.45, 2.75) is 12.5 Å². The minimum Gasteiger partial charge on any atom is -0.381 e. The number of aliphatic hydroxyl groups is 1. The third-order valence-corrected chi connectivity index (χ3v) is 3.02. The monoisotopic (exact) mass is 250 g/mol. The summed E-state index contributed by atoms with van der Waals surface area (Å²) in [6, 6.07) is 13.0. The van der Waals surface area contributed by atoms with Crippen LogP contribution >= 0.6 is 11.6 Å². The fourth-order valence-electron chi connectivity index (χ4n) is 1.80. The molecule has 1 unspecified atom stereocenters. The van der Waals surface area contributed by atoms with Crippen LogP contribution in [0.15, 0.2) is 48.5 Å². The summed E-state index contributed by atoms with van der Waals surface area (Å²) in [6.45, 7) is 1.55. The second-order valence-electron chi connectivity index (χ2n) is 4.06. The van der Waals surface area contributed by atoms with Crippen LogP contribution < -0.4 is 0 Å². The molecule has 0 heterocycles. The van der Waals surface area contributed by atoms with Crippen molar-refractivity contribution < 1.29 is 9.50 Å². The van der Waals surface area contributed by atoms with Crippen molar-refractivity contribution in [1.29, 1.82) is 0 Å². The zero-order valence-corrected chi connectivity index (χ0v) is 10.1. The highest BCUT2D eigenvalue weighted by atomic mass is 35.5. The summed E-state index contributed by atoms with van der Waals surface area (Å²) >= 11 is 5.87. The van der Waals surface area contributed by atoms with Crippen LogP contribution in [-0.2, 0) is 5.60 Å². The van der Waals surface area contributed by atoms with Crippen molar-refractivity contribution in [3.8, 4) is 0 Å². The Hall–Kier alpha value is -1.38. The Balaban J connectivity index is 2.53. The first kappa shape index (κ1) is 12.1. The van der Waals surface area contributed by atoms with Gasteiger partial charge in [-0.2, -0.15) is 0 Å². The van der Waals surface area contributed by atoms with Crippen LogP contribution in [0, 0.1) is 5.82 Å². The Morgan fingerprint density at radius 2 is 1.82 bits per heavy atom. The molecule has 1 nitrogen and oxygen atoms in total. The molecule has 0 saturated heterocycles. The minimum absolute atomic E-state index is 0.238. The van der Waals surface area contributed by atoms with Crippen LogP contribution in [0.5, 0.6) is 0 Å². The first-order chi connectivity index (χ1) is 8.01. The van der Waals surface area contributed by atoms with E-state index < -0.39 is 11.4 Å². The predicted molar refractivity (Wildman–Crippen MR) is 66.5 cm³/mol. The van der Waals surface area contributed by atoms with E-state index in [-0.39, 0.29) is 5.56 Å². The fourth-order valence-corrected chi connectivity index (χ4v) is 1.99. The molecule has 2 aromatic carbocycles. The first-order valence-electron chi connectivity index (χ1n) is 5.25. The van der Waals surface area contributed by atoms with Gasteiger partial charge in [-0.25, -0.2) is 4.39 Å².